The molecule has 3 aliphatic rings. The standard InChI is InChI=1S/C10H17ClO/c1-9(2)7-4-5-10(3,12-9)6-8(7)11/h7-8H,4-6H2,1-3H3/t7-,8-,10+/m0/s1. The first-order valence-corrected chi connectivity index (χ1v) is 5.21. The molecule has 1 saturated carbocycles. The second kappa shape index (κ2) is 2.39. The Morgan fingerprint density at radius 1 is 1.33 bits per heavy atom. The van der Waals surface area contributed by atoms with Crippen molar-refractivity contribution in [1.82, 2.24) is 0 Å². The van der Waals surface area contributed by atoms with Crippen LogP contribution in [0, 0.1) is 5.92 Å². The number of hydrogen-bond acceptors (Lipinski definition) is 1. The minimum absolute atomic E-state index is 0.00231. The second-order valence-corrected chi connectivity index (χ2v) is 5.58. The van der Waals surface area contributed by atoms with E-state index in [0.717, 1.165) is 6.42 Å². The highest BCUT2D eigenvalue weighted by Crippen LogP contribution is 2.51. The summed E-state index contributed by atoms with van der Waals surface area (Å²) in [7, 11) is 0. The average molecular weight is 189 g/mol. The lowest BCUT2D eigenvalue weighted by Gasteiger charge is -2.56. The zero-order chi connectivity index (χ0) is 8.98. The summed E-state index contributed by atoms with van der Waals surface area (Å²) in [4.78, 5) is 0. The molecule has 3 rings (SSSR count). The molecule has 3 fully saturated rings. The summed E-state index contributed by atoms with van der Waals surface area (Å²) >= 11 is 6.31. The Balaban J connectivity index is 2.28. The number of ether oxygens (including phenoxy) is 1. The molecule has 0 N–H and O–H groups in total. The smallest absolute Gasteiger partial charge is 0.0676 e. The predicted octanol–water partition coefficient (Wildman–Crippen LogP) is 2.96. The summed E-state index contributed by atoms with van der Waals surface area (Å²) < 4.78 is 6.05. The van der Waals surface area contributed by atoms with E-state index in [0.29, 0.717) is 11.3 Å². The summed E-state index contributed by atoms with van der Waals surface area (Å²) in [5.41, 5.74) is 0.0579. The van der Waals surface area contributed by atoms with Gasteiger partial charge in [-0.1, -0.05) is 0 Å². The van der Waals surface area contributed by atoms with E-state index in [2.05, 4.69) is 20.8 Å². The van der Waals surface area contributed by atoms with E-state index in [9.17, 15) is 0 Å². The van der Waals surface area contributed by atoms with Gasteiger partial charge >= 0.3 is 0 Å². The Labute approximate surface area is 79.4 Å². The molecular weight excluding hydrogens is 172 g/mol. The third-order valence-corrected chi connectivity index (χ3v) is 3.91. The normalized spacial score (nSPS) is 51.0. The lowest BCUT2D eigenvalue weighted by atomic mass is 9.68. The Bertz CT molecular complexity index is 199. The largest absolute Gasteiger partial charge is 0.369 e. The molecule has 12 heavy (non-hydrogen) atoms. The van der Waals surface area contributed by atoms with Crippen molar-refractivity contribution in [3.8, 4) is 0 Å². The van der Waals surface area contributed by atoms with Crippen molar-refractivity contribution < 1.29 is 4.74 Å². The van der Waals surface area contributed by atoms with Gasteiger partial charge in [0.1, 0.15) is 0 Å². The minimum atomic E-state index is -0.00231. The maximum absolute atomic E-state index is 6.31. The zero-order valence-corrected chi connectivity index (χ0v) is 8.82. The SMILES string of the molecule is CC1(C)O[C@]2(C)CC[C@H]1[C@@H](Cl)C2. The summed E-state index contributed by atoms with van der Waals surface area (Å²) in [6.45, 7) is 6.53. The molecule has 2 heteroatoms. The molecule has 0 radical (unpaired) electrons. The molecule has 3 atom stereocenters. The summed E-state index contributed by atoms with van der Waals surface area (Å²) in [6, 6.07) is 0. The molecule has 2 saturated heterocycles. The third-order valence-electron chi connectivity index (χ3n) is 3.45. The lowest BCUT2D eigenvalue weighted by Crippen LogP contribution is -2.58. The highest BCUT2D eigenvalue weighted by atomic mass is 35.5. The molecule has 0 spiro atoms. The van der Waals surface area contributed by atoms with Gasteiger partial charge in [-0.15, -0.1) is 11.6 Å². The van der Waals surface area contributed by atoms with E-state index in [-0.39, 0.29) is 11.2 Å². The fraction of sp³-hybridized carbons (Fsp3) is 1.00. The van der Waals surface area contributed by atoms with Crippen LogP contribution in [-0.4, -0.2) is 16.6 Å². The number of halogens is 1. The Kier molecular flexibility index (Phi) is 1.76. The topological polar surface area (TPSA) is 9.23 Å². The van der Waals surface area contributed by atoms with E-state index >= 15 is 0 Å². The van der Waals surface area contributed by atoms with Crippen LogP contribution in [0.4, 0.5) is 0 Å². The number of rotatable bonds is 0. The van der Waals surface area contributed by atoms with Crippen LogP contribution >= 0.6 is 11.6 Å². The molecule has 0 aromatic carbocycles. The van der Waals surface area contributed by atoms with Crippen LogP contribution in [0.15, 0.2) is 0 Å². The first kappa shape index (κ1) is 8.83. The highest BCUT2D eigenvalue weighted by Gasteiger charge is 2.52. The van der Waals surface area contributed by atoms with Crippen LogP contribution in [0.5, 0.6) is 0 Å². The van der Waals surface area contributed by atoms with Crippen molar-refractivity contribution >= 4 is 11.6 Å². The van der Waals surface area contributed by atoms with Crippen molar-refractivity contribution in [1.29, 1.82) is 0 Å². The molecule has 2 aliphatic heterocycles. The van der Waals surface area contributed by atoms with Crippen molar-refractivity contribution in [3.05, 3.63) is 0 Å². The number of fused-ring (bicyclic) bond motifs is 3. The second-order valence-electron chi connectivity index (χ2n) is 5.02. The monoisotopic (exact) mass is 188 g/mol. The summed E-state index contributed by atoms with van der Waals surface area (Å²) in [6.07, 6.45) is 3.45. The van der Waals surface area contributed by atoms with E-state index in [1.165, 1.54) is 12.8 Å². The lowest BCUT2D eigenvalue weighted by molar-refractivity contribution is -0.227. The molecular formula is C10H17ClO. The molecule has 0 amide bonds. The highest BCUT2D eigenvalue weighted by molar-refractivity contribution is 6.21. The first-order valence-electron chi connectivity index (χ1n) is 4.77. The maximum atomic E-state index is 6.31. The molecule has 1 aliphatic carbocycles. The van der Waals surface area contributed by atoms with Gasteiger partial charge in [0.2, 0.25) is 0 Å². The van der Waals surface area contributed by atoms with Gasteiger partial charge in [-0.05, 0) is 40.0 Å². The van der Waals surface area contributed by atoms with Crippen molar-refractivity contribution in [2.75, 3.05) is 0 Å². The summed E-state index contributed by atoms with van der Waals surface area (Å²) in [5.74, 6) is 0.556. The van der Waals surface area contributed by atoms with Gasteiger partial charge in [0.15, 0.2) is 0 Å². The van der Waals surface area contributed by atoms with E-state index in [1.54, 1.807) is 0 Å². The predicted molar refractivity (Wildman–Crippen MR) is 50.6 cm³/mol. The van der Waals surface area contributed by atoms with Gasteiger partial charge in [0.25, 0.3) is 0 Å². The fourth-order valence-electron chi connectivity index (χ4n) is 2.89. The van der Waals surface area contributed by atoms with Gasteiger partial charge in [0, 0.05) is 11.3 Å². The average Bonchev–Trinajstić information content (AvgIpc) is 1.80. The van der Waals surface area contributed by atoms with Gasteiger partial charge in [-0.3, -0.25) is 0 Å². The molecule has 70 valence electrons. The van der Waals surface area contributed by atoms with Crippen molar-refractivity contribution in [2.24, 2.45) is 5.92 Å². The Morgan fingerprint density at radius 2 is 2.00 bits per heavy atom. The van der Waals surface area contributed by atoms with Gasteiger partial charge < -0.3 is 4.74 Å². The number of alkyl halides is 1. The van der Waals surface area contributed by atoms with Gasteiger partial charge in [0.05, 0.1) is 11.2 Å². The van der Waals surface area contributed by atoms with Crippen LogP contribution in [0.3, 0.4) is 0 Å². The molecule has 0 aromatic heterocycles. The Hall–Kier alpha value is 0.250. The van der Waals surface area contributed by atoms with Crippen LogP contribution in [0.2, 0.25) is 0 Å². The third kappa shape index (κ3) is 1.18. The van der Waals surface area contributed by atoms with Crippen LogP contribution < -0.4 is 0 Å². The molecule has 2 heterocycles. The molecule has 0 aromatic rings. The van der Waals surface area contributed by atoms with Crippen molar-refractivity contribution in [3.63, 3.8) is 0 Å². The fourth-order valence-corrected chi connectivity index (χ4v) is 3.64. The maximum Gasteiger partial charge on any atom is 0.0676 e. The molecule has 1 nitrogen and oxygen atoms in total. The molecule has 0 unspecified atom stereocenters. The number of hydrogen-bond donors (Lipinski definition) is 0. The minimum Gasteiger partial charge on any atom is -0.369 e. The van der Waals surface area contributed by atoms with Gasteiger partial charge in [-0.2, -0.15) is 0 Å². The van der Waals surface area contributed by atoms with Crippen LogP contribution in [-0.2, 0) is 4.74 Å². The Morgan fingerprint density at radius 3 is 2.42 bits per heavy atom. The van der Waals surface area contributed by atoms with E-state index in [1.807, 2.05) is 0 Å². The van der Waals surface area contributed by atoms with E-state index in [4.69, 9.17) is 16.3 Å². The van der Waals surface area contributed by atoms with Gasteiger partial charge in [-0.25, -0.2) is 0 Å². The van der Waals surface area contributed by atoms with Crippen molar-refractivity contribution in [2.45, 2.75) is 56.6 Å². The van der Waals surface area contributed by atoms with Crippen LogP contribution in [0.25, 0.3) is 0 Å². The first-order chi connectivity index (χ1) is 5.43. The van der Waals surface area contributed by atoms with E-state index < -0.39 is 0 Å². The summed E-state index contributed by atoms with van der Waals surface area (Å²) in [5, 5.41) is 0.326. The van der Waals surface area contributed by atoms with Crippen LogP contribution in [0.1, 0.15) is 40.0 Å². The zero-order valence-electron chi connectivity index (χ0n) is 8.06. The molecule has 2 bridgehead atoms. The quantitative estimate of drug-likeness (QED) is 0.532.